The number of ether oxygens (including phenoxy) is 1. The molecule has 9 heteroatoms. The van der Waals surface area contributed by atoms with Crippen LogP contribution < -0.4 is 16.1 Å². The first-order valence-corrected chi connectivity index (χ1v) is 12.6. The maximum absolute atomic E-state index is 14.8. The zero-order valence-corrected chi connectivity index (χ0v) is 22.3. The number of carbonyl (C=O) groups excluding carboxylic acids is 2. The molecule has 1 aliphatic rings. The summed E-state index contributed by atoms with van der Waals surface area (Å²) < 4.78 is 34.8. The van der Waals surface area contributed by atoms with E-state index in [2.05, 4.69) is 10.6 Å². The molecule has 2 atom stereocenters. The average Bonchev–Trinajstić information content (AvgIpc) is 3.13. The summed E-state index contributed by atoms with van der Waals surface area (Å²) in [6.07, 6.45) is -0.783. The highest BCUT2D eigenvalue weighted by Gasteiger charge is 2.50. The molecule has 2 amide bonds. The van der Waals surface area contributed by atoms with Gasteiger partial charge in [-0.05, 0) is 68.7 Å². The van der Waals surface area contributed by atoms with Gasteiger partial charge in [0.25, 0.3) is 11.8 Å². The number of rotatable bonds is 5. The van der Waals surface area contributed by atoms with Crippen LogP contribution in [0.3, 0.4) is 0 Å². The third-order valence-corrected chi connectivity index (χ3v) is 6.59. The molecular formula is C29H32BF2N3O3. The van der Waals surface area contributed by atoms with Crippen LogP contribution in [-0.4, -0.2) is 55.4 Å². The largest absolute Gasteiger partial charge is 0.444 e. The molecule has 3 aromatic carbocycles. The van der Waals surface area contributed by atoms with Crippen LogP contribution in [0.1, 0.15) is 55.2 Å². The summed E-state index contributed by atoms with van der Waals surface area (Å²) in [5.41, 5.74) is 2.23. The number of nitrogens with one attached hydrogen (secondary N) is 2. The number of carbonyl (C=O) groups is 2. The molecule has 0 aliphatic carbocycles. The number of halogens is 2. The Morgan fingerprint density at radius 3 is 2.47 bits per heavy atom. The maximum Gasteiger partial charge on any atom is 0.410 e. The molecular weight excluding hydrogens is 487 g/mol. The summed E-state index contributed by atoms with van der Waals surface area (Å²) in [5, 5.41) is 7.70. The van der Waals surface area contributed by atoms with Crippen LogP contribution in [0.25, 0.3) is 10.8 Å². The molecule has 0 spiro atoms. The fraction of sp³-hybridized carbons (Fsp3) is 0.379. The summed E-state index contributed by atoms with van der Waals surface area (Å²) >= 11 is 0. The maximum atomic E-state index is 14.8. The number of benzene rings is 3. The first kappa shape index (κ1) is 27.4. The normalized spacial score (nSPS) is 17.8. The van der Waals surface area contributed by atoms with Crippen molar-refractivity contribution in [3.8, 4) is 0 Å². The average molecular weight is 519 g/mol. The van der Waals surface area contributed by atoms with E-state index in [0.717, 1.165) is 21.2 Å². The van der Waals surface area contributed by atoms with Gasteiger partial charge in [-0.1, -0.05) is 47.9 Å². The molecule has 4 rings (SSSR count). The van der Waals surface area contributed by atoms with Crippen LogP contribution in [-0.2, 0) is 4.74 Å². The van der Waals surface area contributed by atoms with E-state index in [9.17, 15) is 18.4 Å². The second-order valence-electron chi connectivity index (χ2n) is 10.8. The van der Waals surface area contributed by atoms with Crippen molar-refractivity contribution in [2.75, 3.05) is 18.4 Å². The SMILES string of the molecule is [B]c1ccc([C@@H](C)NC(=O)c2cc(N[C@H]3CN(C(=O)OC(C)(C)C)CC3(F)F)ccc2C)c2ccccc12. The Morgan fingerprint density at radius 1 is 1.11 bits per heavy atom. The Hall–Kier alpha value is -3.62. The van der Waals surface area contributed by atoms with E-state index in [0.29, 0.717) is 22.3 Å². The third-order valence-electron chi connectivity index (χ3n) is 6.59. The Balaban J connectivity index is 1.50. The van der Waals surface area contributed by atoms with Crippen LogP contribution in [0.2, 0.25) is 0 Å². The van der Waals surface area contributed by atoms with Gasteiger partial charge in [-0.15, -0.1) is 0 Å². The van der Waals surface area contributed by atoms with Crippen molar-refractivity contribution in [3.05, 3.63) is 71.3 Å². The number of hydrogen-bond acceptors (Lipinski definition) is 4. The highest BCUT2D eigenvalue weighted by molar-refractivity contribution is 6.38. The minimum absolute atomic E-state index is 0.224. The molecule has 3 aromatic rings. The van der Waals surface area contributed by atoms with Crippen LogP contribution in [0.5, 0.6) is 0 Å². The number of alkyl halides is 2. The minimum atomic E-state index is -3.17. The lowest BCUT2D eigenvalue weighted by Crippen LogP contribution is -2.38. The van der Waals surface area contributed by atoms with Crippen LogP contribution in [0.15, 0.2) is 54.6 Å². The van der Waals surface area contributed by atoms with Crippen molar-refractivity contribution in [1.29, 1.82) is 0 Å². The molecule has 2 radical (unpaired) electrons. The van der Waals surface area contributed by atoms with Gasteiger partial charge in [-0.2, -0.15) is 0 Å². The number of likely N-dealkylation sites (tertiary alicyclic amines) is 1. The molecule has 38 heavy (non-hydrogen) atoms. The van der Waals surface area contributed by atoms with Gasteiger partial charge in [0.1, 0.15) is 19.5 Å². The lowest BCUT2D eigenvalue weighted by atomic mass is 9.87. The predicted molar refractivity (Wildman–Crippen MR) is 147 cm³/mol. The molecule has 6 nitrogen and oxygen atoms in total. The zero-order chi connectivity index (χ0) is 27.8. The van der Waals surface area contributed by atoms with E-state index in [1.165, 1.54) is 0 Å². The molecule has 0 unspecified atom stereocenters. The van der Waals surface area contributed by atoms with Crippen LogP contribution >= 0.6 is 0 Å². The van der Waals surface area contributed by atoms with E-state index in [1.807, 2.05) is 43.3 Å². The van der Waals surface area contributed by atoms with E-state index < -0.39 is 30.2 Å². The summed E-state index contributed by atoms with van der Waals surface area (Å²) in [6.45, 7) is 7.76. The molecule has 1 saturated heterocycles. The van der Waals surface area contributed by atoms with Gasteiger partial charge in [-0.3, -0.25) is 9.69 Å². The molecule has 0 aromatic heterocycles. The second-order valence-corrected chi connectivity index (χ2v) is 10.8. The Morgan fingerprint density at radius 2 is 1.79 bits per heavy atom. The van der Waals surface area contributed by atoms with Gasteiger partial charge in [0.05, 0.1) is 19.1 Å². The van der Waals surface area contributed by atoms with Crippen LogP contribution in [0.4, 0.5) is 19.3 Å². The van der Waals surface area contributed by atoms with Gasteiger partial charge < -0.3 is 15.4 Å². The lowest BCUT2D eigenvalue weighted by molar-refractivity contribution is -0.00635. The van der Waals surface area contributed by atoms with Crippen molar-refractivity contribution in [2.45, 2.75) is 58.2 Å². The standard InChI is InChI=1S/C29H32BF2N3O3/c1-17-10-11-19(34-25-15-35(16-29(25,31)32)27(37)38-28(3,4)5)14-23(17)26(36)33-18(2)20-12-13-24(30)22-9-7-6-8-21(20)22/h6-14,18,25,34H,15-16H2,1-5H3,(H,33,36)/t18-,25+/m1/s1. The van der Waals surface area contributed by atoms with Crippen molar-refractivity contribution < 1.29 is 23.1 Å². The summed E-state index contributed by atoms with van der Waals surface area (Å²) in [4.78, 5) is 26.6. The Kier molecular flexibility index (Phi) is 7.41. The molecule has 1 heterocycles. The van der Waals surface area contributed by atoms with Gasteiger partial charge in [0, 0.05) is 11.3 Å². The number of amides is 2. The number of aryl methyl sites for hydroxylation is 1. The van der Waals surface area contributed by atoms with E-state index in [1.54, 1.807) is 45.9 Å². The Bertz CT molecular complexity index is 1370. The molecule has 2 N–H and O–H groups in total. The molecule has 0 saturated carbocycles. The smallest absolute Gasteiger partial charge is 0.410 e. The summed E-state index contributed by atoms with van der Waals surface area (Å²) in [6, 6.07) is 14.7. The number of fused-ring (bicyclic) bond motifs is 1. The van der Waals surface area contributed by atoms with E-state index in [4.69, 9.17) is 12.6 Å². The first-order valence-electron chi connectivity index (χ1n) is 12.6. The molecule has 1 fully saturated rings. The Labute approximate surface area is 223 Å². The van der Waals surface area contributed by atoms with Crippen molar-refractivity contribution in [3.63, 3.8) is 0 Å². The van der Waals surface area contributed by atoms with Gasteiger partial charge in [-0.25, -0.2) is 13.6 Å². The van der Waals surface area contributed by atoms with Gasteiger partial charge in [0.15, 0.2) is 0 Å². The van der Waals surface area contributed by atoms with E-state index in [-0.39, 0.29) is 18.5 Å². The van der Waals surface area contributed by atoms with Gasteiger partial charge >= 0.3 is 6.09 Å². The minimum Gasteiger partial charge on any atom is -0.444 e. The third kappa shape index (κ3) is 5.92. The molecule has 198 valence electrons. The van der Waals surface area contributed by atoms with Crippen molar-refractivity contribution >= 4 is 41.8 Å². The highest BCUT2D eigenvalue weighted by Crippen LogP contribution is 2.32. The zero-order valence-electron chi connectivity index (χ0n) is 22.3. The quantitative estimate of drug-likeness (QED) is 0.461. The predicted octanol–water partition coefficient (Wildman–Crippen LogP) is 5.10. The summed E-state index contributed by atoms with van der Waals surface area (Å²) in [7, 11) is 6.12. The lowest BCUT2D eigenvalue weighted by Gasteiger charge is -2.24. The summed E-state index contributed by atoms with van der Waals surface area (Å²) in [5.74, 6) is -3.50. The second kappa shape index (κ2) is 10.3. The first-order chi connectivity index (χ1) is 17.7. The van der Waals surface area contributed by atoms with Gasteiger partial charge in [0.2, 0.25) is 0 Å². The highest BCUT2D eigenvalue weighted by atomic mass is 19.3. The van der Waals surface area contributed by atoms with Crippen LogP contribution in [0, 0.1) is 6.92 Å². The number of hydrogen-bond donors (Lipinski definition) is 2. The fourth-order valence-corrected chi connectivity index (χ4v) is 4.63. The van der Waals surface area contributed by atoms with Crippen molar-refractivity contribution in [1.82, 2.24) is 10.2 Å². The monoisotopic (exact) mass is 519 g/mol. The number of anilines is 1. The topological polar surface area (TPSA) is 70.7 Å². The molecule has 1 aliphatic heterocycles. The van der Waals surface area contributed by atoms with E-state index >= 15 is 0 Å². The number of nitrogens with zero attached hydrogens (tertiary/aromatic N) is 1. The molecule has 0 bridgehead atoms. The fourth-order valence-electron chi connectivity index (χ4n) is 4.63. The van der Waals surface area contributed by atoms with Crippen molar-refractivity contribution in [2.24, 2.45) is 0 Å².